The number of para-hydroxylation sites is 1. The van der Waals surface area contributed by atoms with E-state index in [1.807, 2.05) is 67.6 Å². The quantitative estimate of drug-likeness (QED) is 0.441. The first-order valence-electron chi connectivity index (χ1n) is 11.5. The number of carboxylic acids is 1. The summed E-state index contributed by atoms with van der Waals surface area (Å²) >= 11 is 0. The van der Waals surface area contributed by atoms with Crippen molar-refractivity contribution in [2.24, 2.45) is 4.99 Å². The summed E-state index contributed by atoms with van der Waals surface area (Å²) in [5.74, 6) is 0.363. The number of aliphatic imine (C=N–C) groups is 1. The average molecular weight is 456 g/mol. The number of hydrogen-bond acceptors (Lipinski definition) is 4. The zero-order chi connectivity index (χ0) is 24.1. The molecular formula is C29H29NO4. The number of nitrogens with zero attached hydrogens (tertiary/aromatic N) is 1. The van der Waals surface area contributed by atoms with Gasteiger partial charge in [0.1, 0.15) is 23.0 Å². The Balaban J connectivity index is 1.76. The Hall–Kier alpha value is -3.70. The van der Waals surface area contributed by atoms with E-state index in [2.05, 4.69) is 0 Å². The minimum atomic E-state index is -1.58. The van der Waals surface area contributed by atoms with E-state index in [1.54, 1.807) is 31.2 Å². The van der Waals surface area contributed by atoms with Crippen LogP contribution in [0.4, 0.5) is 0 Å². The van der Waals surface area contributed by atoms with Crippen LogP contribution < -0.4 is 4.74 Å². The number of rotatable bonds is 8. The largest absolute Gasteiger partial charge is 0.480 e. The van der Waals surface area contributed by atoms with Crippen LogP contribution in [0.1, 0.15) is 37.8 Å². The number of aliphatic hydroxyl groups is 1. The fraction of sp³-hybridized carbons (Fsp3) is 0.241. The lowest BCUT2D eigenvalue weighted by molar-refractivity contribution is -0.145. The predicted molar refractivity (Wildman–Crippen MR) is 133 cm³/mol. The van der Waals surface area contributed by atoms with Gasteiger partial charge in [-0.1, -0.05) is 74.0 Å². The van der Waals surface area contributed by atoms with Crippen LogP contribution in [0.2, 0.25) is 0 Å². The van der Waals surface area contributed by atoms with Gasteiger partial charge in [0.25, 0.3) is 0 Å². The van der Waals surface area contributed by atoms with E-state index in [0.29, 0.717) is 41.1 Å². The molecule has 1 aliphatic heterocycles. The molecule has 3 aromatic carbocycles. The van der Waals surface area contributed by atoms with Gasteiger partial charge in [0.05, 0.1) is 0 Å². The van der Waals surface area contributed by atoms with Crippen molar-refractivity contribution in [3.63, 3.8) is 0 Å². The lowest BCUT2D eigenvalue weighted by atomic mass is 9.66. The molecule has 0 fully saturated rings. The second-order valence-corrected chi connectivity index (χ2v) is 8.55. The maximum absolute atomic E-state index is 12.8. The molecule has 0 radical (unpaired) electrons. The van der Waals surface area contributed by atoms with Gasteiger partial charge in [-0.25, -0.2) is 0 Å². The molecule has 174 valence electrons. The molecule has 0 spiro atoms. The van der Waals surface area contributed by atoms with E-state index < -0.39 is 17.5 Å². The van der Waals surface area contributed by atoms with Gasteiger partial charge in [-0.2, -0.15) is 0 Å². The van der Waals surface area contributed by atoms with Crippen LogP contribution >= 0.6 is 0 Å². The normalized spacial score (nSPS) is 20.1. The van der Waals surface area contributed by atoms with Crippen molar-refractivity contribution in [3.05, 3.63) is 107 Å². The minimum Gasteiger partial charge on any atom is -0.480 e. The third-order valence-corrected chi connectivity index (χ3v) is 6.35. The van der Waals surface area contributed by atoms with Gasteiger partial charge in [0.15, 0.2) is 0 Å². The van der Waals surface area contributed by atoms with Crippen LogP contribution in [0.25, 0.3) is 0 Å². The van der Waals surface area contributed by atoms with E-state index in [4.69, 9.17) is 9.73 Å². The molecule has 0 saturated heterocycles. The third kappa shape index (κ3) is 4.39. The van der Waals surface area contributed by atoms with E-state index in [9.17, 15) is 15.0 Å². The molecule has 0 aromatic heterocycles. The highest BCUT2D eigenvalue weighted by molar-refractivity contribution is 6.01. The molecule has 0 amide bonds. The Morgan fingerprint density at radius 1 is 0.971 bits per heavy atom. The molecule has 1 aliphatic rings. The Morgan fingerprint density at radius 3 is 2.26 bits per heavy atom. The SMILES string of the molecule is CCCC1=NC(Cc2cccc(Oc3ccccc3)c2)=C(C)C(C(=O)O)(c2ccccc2)C1O. The summed E-state index contributed by atoms with van der Waals surface area (Å²) < 4.78 is 5.97. The zero-order valence-electron chi connectivity index (χ0n) is 19.4. The maximum Gasteiger partial charge on any atom is 0.321 e. The van der Waals surface area contributed by atoms with Crippen molar-refractivity contribution in [1.82, 2.24) is 0 Å². The standard InChI is InChI=1S/C29H29NO4/c1-3-11-25-27(31)29(28(32)33,22-13-6-4-7-14-22)20(2)26(30-25)19-21-12-10-17-24(18-21)34-23-15-8-5-9-16-23/h4-10,12-18,27,31H,3,11,19H2,1-2H3,(H,32,33). The van der Waals surface area contributed by atoms with Crippen LogP contribution in [0.3, 0.4) is 0 Å². The highest BCUT2D eigenvalue weighted by atomic mass is 16.5. The number of aliphatic carboxylic acids is 1. The van der Waals surface area contributed by atoms with E-state index >= 15 is 0 Å². The molecule has 3 aromatic rings. The lowest BCUT2D eigenvalue weighted by Crippen LogP contribution is -2.53. The lowest BCUT2D eigenvalue weighted by Gasteiger charge is -2.40. The molecule has 0 aliphatic carbocycles. The van der Waals surface area contributed by atoms with E-state index in [1.165, 1.54) is 0 Å². The van der Waals surface area contributed by atoms with Gasteiger partial charge in [-0.3, -0.25) is 9.79 Å². The Morgan fingerprint density at radius 2 is 1.62 bits per heavy atom. The molecule has 2 unspecified atom stereocenters. The van der Waals surface area contributed by atoms with Crippen molar-refractivity contribution in [2.45, 2.75) is 44.6 Å². The number of carbonyl (C=O) groups is 1. The van der Waals surface area contributed by atoms with Crippen LogP contribution in [-0.2, 0) is 16.6 Å². The van der Waals surface area contributed by atoms with Gasteiger partial charge in [-0.15, -0.1) is 0 Å². The van der Waals surface area contributed by atoms with Gasteiger partial charge in [0.2, 0.25) is 0 Å². The topological polar surface area (TPSA) is 79.1 Å². The zero-order valence-corrected chi connectivity index (χ0v) is 19.4. The Bertz CT molecular complexity index is 1220. The highest BCUT2D eigenvalue weighted by Gasteiger charge is 2.53. The number of carboxylic acid groups (broad SMARTS) is 1. The fourth-order valence-electron chi connectivity index (χ4n) is 4.63. The number of allylic oxidation sites excluding steroid dienone is 1. The predicted octanol–water partition coefficient (Wildman–Crippen LogP) is 5.93. The first kappa shape index (κ1) is 23.5. The molecule has 5 heteroatoms. The number of benzene rings is 3. The average Bonchev–Trinajstić information content (AvgIpc) is 2.84. The van der Waals surface area contributed by atoms with Gasteiger partial charge in [-0.05, 0) is 54.3 Å². The monoisotopic (exact) mass is 455 g/mol. The summed E-state index contributed by atoms with van der Waals surface area (Å²) in [6.45, 7) is 3.77. The first-order chi connectivity index (χ1) is 16.5. The van der Waals surface area contributed by atoms with Crippen LogP contribution in [0.5, 0.6) is 11.5 Å². The van der Waals surface area contributed by atoms with Crippen LogP contribution in [0.15, 0.2) is 101 Å². The minimum absolute atomic E-state index is 0.430. The second kappa shape index (κ2) is 10.1. The summed E-state index contributed by atoms with van der Waals surface area (Å²) in [7, 11) is 0. The van der Waals surface area contributed by atoms with Crippen molar-refractivity contribution in [2.75, 3.05) is 0 Å². The third-order valence-electron chi connectivity index (χ3n) is 6.35. The smallest absolute Gasteiger partial charge is 0.321 e. The summed E-state index contributed by atoms with van der Waals surface area (Å²) in [5, 5.41) is 21.8. The van der Waals surface area contributed by atoms with Gasteiger partial charge in [0, 0.05) is 17.8 Å². The van der Waals surface area contributed by atoms with Crippen molar-refractivity contribution >= 4 is 11.7 Å². The summed E-state index contributed by atoms with van der Waals surface area (Å²) in [6, 6.07) is 26.2. The van der Waals surface area contributed by atoms with E-state index in [-0.39, 0.29) is 0 Å². The molecular weight excluding hydrogens is 426 g/mol. The van der Waals surface area contributed by atoms with Crippen LogP contribution in [0, 0.1) is 0 Å². The molecule has 2 atom stereocenters. The molecule has 5 nitrogen and oxygen atoms in total. The number of aliphatic hydroxyl groups excluding tert-OH is 1. The number of ether oxygens (including phenoxy) is 1. The van der Waals surface area contributed by atoms with Crippen molar-refractivity contribution in [3.8, 4) is 11.5 Å². The van der Waals surface area contributed by atoms with Gasteiger partial charge < -0.3 is 14.9 Å². The highest BCUT2D eigenvalue weighted by Crippen LogP contribution is 2.43. The van der Waals surface area contributed by atoms with E-state index in [0.717, 1.165) is 17.7 Å². The number of hydrogen-bond donors (Lipinski definition) is 2. The summed E-state index contributed by atoms with van der Waals surface area (Å²) in [6.07, 6.45) is 0.479. The van der Waals surface area contributed by atoms with Crippen molar-refractivity contribution in [1.29, 1.82) is 0 Å². The molecule has 0 saturated carbocycles. The second-order valence-electron chi connectivity index (χ2n) is 8.55. The first-order valence-corrected chi connectivity index (χ1v) is 11.5. The fourth-order valence-corrected chi connectivity index (χ4v) is 4.63. The van der Waals surface area contributed by atoms with Crippen molar-refractivity contribution < 1.29 is 19.7 Å². The molecule has 1 heterocycles. The molecule has 0 bridgehead atoms. The van der Waals surface area contributed by atoms with Gasteiger partial charge >= 0.3 is 5.97 Å². The summed E-state index contributed by atoms with van der Waals surface area (Å²) in [5.41, 5.74) is 1.64. The Labute approximate surface area is 200 Å². The Kier molecular flexibility index (Phi) is 6.94. The molecule has 2 N–H and O–H groups in total. The molecule has 34 heavy (non-hydrogen) atoms. The molecule has 4 rings (SSSR count). The maximum atomic E-state index is 12.8. The summed E-state index contributed by atoms with van der Waals surface area (Å²) in [4.78, 5) is 17.6. The van der Waals surface area contributed by atoms with Crippen LogP contribution in [-0.4, -0.2) is 28.0 Å².